The fraction of sp³-hybridized carbons (Fsp3) is 0.750. The van der Waals surface area contributed by atoms with Crippen LogP contribution in [-0.4, -0.2) is 28.3 Å². The van der Waals surface area contributed by atoms with Crippen LogP contribution >= 0.6 is 0 Å². The molecule has 4 nitrogen and oxygen atoms in total. The van der Waals surface area contributed by atoms with Crippen LogP contribution in [-0.2, 0) is 29.4 Å². The van der Waals surface area contributed by atoms with Crippen LogP contribution in [0.4, 0.5) is 0 Å². The molecule has 0 radical (unpaired) electrons. The number of nitrogens with zero attached hydrogens (tertiary/aromatic N) is 2. The first-order chi connectivity index (χ1) is 9.50. The van der Waals surface area contributed by atoms with Crippen molar-refractivity contribution >= 4 is 5.78 Å². The number of aryl methyl sites for hydroxylation is 2. The number of hydrogen-bond donors (Lipinski definition) is 0. The minimum Gasteiger partial charge on any atom is -0.370 e. The molecule has 4 heteroatoms. The molecule has 0 N–H and O–H groups in total. The second-order valence-corrected chi connectivity index (χ2v) is 6.09. The lowest BCUT2D eigenvalue weighted by atomic mass is 9.76. The smallest absolute Gasteiger partial charge is 0.170 e. The molecule has 0 bridgehead atoms. The molecule has 20 heavy (non-hydrogen) atoms. The maximum absolute atomic E-state index is 12.7. The number of carbonyl (C=O) groups is 1. The van der Waals surface area contributed by atoms with E-state index in [2.05, 4.69) is 18.9 Å². The summed E-state index contributed by atoms with van der Waals surface area (Å²) in [7, 11) is 3.58. The van der Waals surface area contributed by atoms with Gasteiger partial charge in [-0.2, -0.15) is 5.10 Å². The zero-order chi connectivity index (χ0) is 14.8. The first-order valence-corrected chi connectivity index (χ1v) is 7.61. The first-order valence-electron chi connectivity index (χ1n) is 7.61. The van der Waals surface area contributed by atoms with Gasteiger partial charge in [-0.25, -0.2) is 0 Å². The highest BCUT2D eigenvalue weighted by Gasteiger charge is 2.40. The van der Waals surface area contributed by atoms with Gasteiger partial charge in [0.2, 0.25) is 0 Å². The summed E-state index contributed by atoms with van der Waals surface area (Å²) < 4.78 is 7.48. The Morgan fingerprint density at radius 2 is 2.15 bits per heavy atom. The zero-order valence-corrected chi connectivity index (χ0v) is 13.1. The van der Waals surface area contributed by atoms with E-state index in [-0.39, 0.29) is 5.78 Å². The summed E-state index contributed by atoms with van der Waals surface area (Å²) in [5.41, 5.74) is 1.46. The molecule has 1 aliphatic rings. The highest BCUT2D eigenvalue weighted by Crippen LogP contribution is 2.35. The molecule has 0 atom stereocenters. The van der Waals surface area contributed by atoms with Crippen LogP contribution in [0.2, 0.25) is 0 Å². The third kappa shape index (κ3) is 2.95. The predicted molar refractivity (Wildman–Crippen MR) is 78.7 cm³/mol. The van der Waals surface area contributed by atoms with Crippen LogP contribution in [0.1, 0.15) is 50.9 Å². The highest BCUT2D eigenvalue weighted by molar-refractivity contribution is 5.89. The van der Waals surface area contributed by atoms with Crippen molar-refractivity contribution in [2.24, 2.45) is 13.0 Å². The van der Waals surface area contributed by atoms with Gasteiger partial charge < -0.3 is 4.74 Å². The largest absolute Gasteiger partial charge is 0.370 e. The van der Waals surface area contributed by atoms with Crippen molar-refractivity contribution in [1.29, 1.82) is 0 Å². The van der Waals surface area contributed by atoms with Crippen molar-refractivity contribution in [3.63, 3.8) is 0 Å². The molecule has 1 fully saturated rings. The molecule has 0 aliphatic heterocycles. The number of Topliss-reactive ketones (excluding diaryl/α,β-unsaturated/α-hetero) is 1. The number of aromatic nitrogens is 2. The van der Waals surface area contributed by atoms with E-state index in [1.165, 1.54) is 0 Å². The van der Waals surface area contributed by atoms with Crippen LogP contribution in [0.5, 0.6) is 0 Å². The third-order valence-electron chi connectivity index (χ3n) is 4.71. The summed E-state index contributed by atoms with van der Waals surface area (Å²) in [6.45, 7) is 4.33. The second-order valence-electron chi connectivity index (χ2n) is 6.09. The predicted octanol–water partition coefficient (Wildman–Crippen LogP) is 2.69. The normalized spacial score (nSPS) is 26.7. The molecule has 0 aromatic carbocycles. The molecule has 0 spiro atoms. The SMILES string of the molecule is CCc1cc(CC(=O)C2(OC)CCC(C)CC2)n(C)n1. The highest BCUT2D eigenvalue weighted by atomic mass is 16.5. The molecule has 1 heterocycles. The number of ketones is 1. The lowest BCUT2D eigenvalue weighted by Crippen LogP contribution is -2.44. The molecular formula is C16H26N2O2. The lowest BCUT2D eigenvalue weighted by molar-refractivity contribution is -0.145. The van der Waals surface area contributed by atoms with Crippen LogP contribution in [0.25, 0.3) is 0 Å². The summed E-state index contributed by atoms with van der Waals surface area (Å²) in [5, 5.41) is 4.41. The molecule has 2 rings (SSSR count). The van der Waals surface area contributed by atoms with Gasteiger partial charge in [0.1, 0.15) is 5.60 Å². The Bertz CT molecular complexity index is 471. The fourth-order valence-corrected chi connectivity index (χ4v) is 3.06. The molecule has 1 aromatic heterocycles. The Labute approximate surface area is 121 Å². The topological polar surface area (TPSA) is 44.1 Å². The van der Waals surface area contributed by atoms with Gasteiger partial charge in [0, 0.05) is 19.9 Å². The summed E-state index contributed by atoms with van der Waals surface area (Å²) in [6.07, 6.45) is 5.17. The van der Waals surface area contributed by atoms with Gasteiger partial charge in [-0.05, 0) is 44.1 Å². The standard InChI is InChI=1S/C16H26N2O2/c1-5-13-10-14(18(3)17-13)11-15(19)16(20-4)8-6-12(2)7-9-16/h10,12H,5-9,11H2,1-4H3. The maximum atomic E-state index is 12.7. The Hall–Kier alpha value is -1.16. The van der Waals surface area contributed by atoms with E-state index in [0.29, 0.717) is 12.3 Å². The second kappa shape index (κ2) is 6.08. The number of methoxy groups -OCH3 is 1. The molecule has 0 saturated heterocycles. The van der Waals surface area contributed by atoms with Crippen LogP contribution in [0.3, 0.4) is 0 Å². The van der Waals surface area contributed by atoms with Crippen molar-refractivity contribution < 1.29 is 9.53 Å². The maximum Gasteiger partial charge on any atom is 0.170 e. The van der Waals surface area contributed by atoms with E-state index < -0.39 is 5.60 Å². The van der Waals surface area contributed by atoms with Gasteiger partial charge in [0.25, 0.3) is 0 Å². The van der Waals surface area contributed by atoms with Crippen molar-refractivity contribution in [3.05, 3.63) is 17.5 Å². The monoisotopic (exact) mass is 278 g/mol. The fourth-order valence-electron chi connectivity index (χ4n) is 3.06. The van der Waals surface area contributed by atoms with Crippen molar-refractivity contribution in [2.75, 3.05) is 7.11 Å². The minimum absolute atomic E-state index is 0.206. The Balaban J connectivity index is 2.11. The number of hydrogen-bond acceptors (Lipinski definition) is 3. The molecule has 1 aliphatic carbocycles. The van der Waals surface area contributed by atoms with Crippen molar-refractivity contribution in [3.8, 4) is 0 Å². The molecule has 1 aromatic rings. The average molecular weight is 278 g/mol. The van der Waals surface area contributed by atoms with Crippen molar-refractivity contribution in [2.45, 2.75) is 58.0 Å². The summed E-state index contributed by atoms with van der Waals surface area (Å²) in [6, 6.07) is 2.03. The van der Waals surface area contributed by atoms with Crippen LogP contribution in [0, 0.1) is 5.92 Å². The van der Waals surface area contributed by atoms with Crippen molar-refractivity contribution in [1.82, 2.24) is 9.78 Å². The third-order valence-corrected chi connectivity index (χ3v) is 4.71. The summed E-state index contributed by atoms with van der Waals surface area (Å²) >= 11 is 0. The molecular weight excluding hydrogens is 252 g/mol. The van der Waals surface area contributed by atoms with Crippen LogP contribution < -0.4 is 0 Å². The number of carbonyl (C=O) groups excluding carboxylic acids is 1. The molecule has 112 valence electrons. The zero-order valence-electron chi connectivity index (χ0n) is 13.1. The van der Waals surface area contributed by atoms with Gasteiger partial charge in [0.05, 0.1) is 12.1 Å². The Kier molecular flexibility index (Phi) is 4.63. The van der Waals surface area contributed by atoms with Gasteiger partial charge in [0.15, 0.2) is 5.78 Å². The summed E-state index contributed by atoms with van der Waals surface area (Å²) in [5.74, 6) is 0.909. The number of rotatable bonds is 5. The molecule has 1 saturated carbocycles. The van der Waals surface area contributed by atoms with E-state index in [4.69, 9.17) is 4.74 Å². The van der Waals surface area contributed by atoms with Gasteiger partial charge in [-0.15, -0.1) is 0 Å². The molecule has 0 amide bonds. The average Bonchev–Trinajstić information content (AvgIpc) is 2.80. The van der Waals surface area contributed by atoms with Crippen LogP contribution in [0.15, 0.2) is 6.07 Å². The van der Waals surface area contributed by atoms with E-state index in [0.717, 1.165) is 43.5 Å². The van der Waals surface area contributed by atoms with Gasteiger partial charge >= 0.3 is 0 Å². The summed E-state index contributed by atoms with van der Waals surface area (Å²) in [4.78, 5) is 12.7. The lowest BCUT2D eigenvalue weighted by Gasteiger charge is -2.36. The quantitative estimate of drug-likeness (QED) is 0.831. The van der Waals surface area contributed by atoms with E-state index >= 15 is 0 Å². The van der Waals surface area contributed by atoms with Gasteiger partial charge in [-0.3, -0.25) is 9.48 Å². The molecule has 0 unspecified atom stereocenters. The van der Waals surface area contributed by atoms with E-state index in [1.807, 2.05) is 17.8 Å². The van der Waals surface area contributed by atoms with E-state index in [9.17, 15) is 4.79 Å². The number of ether oxygens (including phenoxy) is 1. The Morgan fingerprint density at radius 1 is 1.50 bits per heavy atom. The van der Waals surface area contributed by atoms with E-state index in [1.54, 1.807) is 7.11 Å². The first kappa shape index (κ1) is 15.2. The van der Waals surface area contributed by atoms with Gasteiger partial charge in [-0.1, -0.05) is 13.8 Å². The minimum atomic E-state index is -0.566. The Morgan fingerprint density at radius 3 is 2.65 bits per heavy atom.